The molecular weight excluding hydrogens is 429 g/mol. The van der Waals surface area contributed by atoms with Gasteiger partial charge in [-0.1, -0.05) is 24.3 Å². The van der Waals surface area contributed by atoms with Crippen LogP contribution < -0.4 is 19.5 Å². The Labute approximate surface area is 202 Å². The largest absolute Gasteiger partial charge is 0.497 e. The first-order valence-electron chi connectivity index (χ1n) is 12.1. The van der Waals surface area contributed by atoms with Gasteiger partial charge in [-0.25, -0.2) is 4.39 Å². The van der Waals surface area contributed by atoms with E-state index in [1.807, 2.05) is 24.3 Å². The molecule has 1 atom stereocenters. The molecule has 0 bridgehead atoms. The van der Waals surface area contributed by atoms with E-state index in [2.05, 4.69) is 30.4 Å². The monoisotopic (exact) mass is 463 g/mol. The van der Waals surface area contributed by atoms with Crippen molar-refractivity contribution in [2.45, 2.75) is 51.2 Å². The van der Waals surface area contributed by atoms with Gasteiger partial charge in [-0.3, -0.25) is 0 Å². The molecule has 3 aromatic rings. The second-order valence-corrected chi connectivity index (χ2v) is 9.19. The number of fused-ring (bicyclic) bond motifs is 1. The number of aryl methyl sites for hydroxylation is 1. The maximum atomic E-state index is 13.1. The topological polar surface area (TPSA) is 39.7 Å². The standard InChI is InChI=1S/C29H34FNO3/c1-29(16-3-18-31-19-15-22-6-10-26(32-2)11-7-22)17-14-24-20-27(12-13-28(24)34-29)33-21-23-4-8-25(30)9-5-23/h4-13,20,31H,3,14-19,21H2,1-2H3. The van der Waals surface area contributed by atoms with E-state index in [-0.39, 0.29) is 11.4 Å². The summed E-state index contributed by atoms with van der Waals surface area (Å²) in [5.74, 6) is 2.43. The van der Waals surface area contributed by atoms with Gasteiger partial charge >= 0.3 is 0 Å². The number of rotatable bonds is 11. The summed E-state index contributed by atoms with van der Waals surface area (Å²) in [6.45, 7) is 4.58. The van der Waals surface area contributed by atoms with Crippen molar-refractivity contribution in [3.8, 4) is 17.2 Å². The molecule has 0 radical (unpaired) electrons. The van der Waals surface area contributed by atoms with Crippen LogP contribution in [-0.2, 0) is 19.4 Å². The van der Waals surface area contributed by atoms with Gasteiger partial charge in [-0.05, 0) is 111 Å². The molecule has 0 aromatic heterocycles. The molecule has 1 N–H and O–H groups in total. The molecule has 3 aromatic carbocycles. The predicted molar refractivity (Wildman–Crippen MR) is 133 cm³/mol. The summed E-state index contributed by atoms with van der Waals surface area (Å²) in [5.41, 5.74) is 3.31. The van der Waals surface area contributed by atoms with Crippen LogP contribution in [0.2, 0.25) is 0 Å². The SMILES string of the molecule is COc1ccc(CCNCCCC2(C)CCc3cc(OCc4ccc(F)cc4)ccc3O2)cc1. The third-order valence-corrected chi connectivity index (χ3v) is 6.44. The third-order valence-electron chi connectivity index (χ3n) is 6.44. The summed E-state index contributed by atoms with van der Waals surface area (Å²) >= 11 is 0. The average molecular weight is 464 g/mol. The molecular formula is C29H34FNO3. The molecule has 0 aliphatic carbocycles. The van der Waals surface area contributed by atoms with Gasteiger partial charge in [-0.2, -0.15) is 0 Å². The molecule has 1 aliphatic heterocycles. The van der Waals surface area contributed by atoms with Crippen LogP contribution in [0.25, 0.3) is 0 Å². The van der Waals surface area contributed by atoms with Crippen LogP contribution >= 0.6 is 0 Å². The Morgan fingerprint density at radius 2 is 1.68 bits per heavy atom. The zero-order valence-electron chi connectivity index (χ0n) is 20.1. The number of halogens is 1. The normalized spacial score (nSPS) is 17.0. The summed E-state index contributed by atoms with van der Waals surface area (Å²) in [4.78, 5) is 0. The van der Waals surface area contributed by atoms with Gasteiger partial charge in [0.15, 0.2) is 0 Å². The highest BCUT2D eigenvalue weighted by atomic mass is 19.1. The minimum atomic E-state index is -0.234. The molecule has 1 aliphatic rings. The number of hydrogen-bond donors (Lipinski definition) is 1. The fourth-order valence-electron chi connectivity index (χ4n) is 4.32. The van der Waals surface area contributed by atoms with Gasteiger partial charge in [0.2, 0.25) is 0 Å². The molecule has 34 heavy (non-hydrogen) atoms. The Kier molecular flexibility index (Phi) is 8.07. The zero-order valence-corrected chi connectivity index (χ0v) is 20.1. The van der Waals surface area contributed by atoms with Gasteiger partial charge < -0.3 is 19.5 Å². The van der Waals surface area contributed by atoms with E-state index < -0.39 is 0 Å². The molecule has 0 saturated heterocycles. The first-order valence-corrected chi connectivity index (χ1v) is 12.1. The minimum absolute atomic E-state index is 0.138. The highest BCUT2D eigenvalue weighted by Gasteiger charge is 2.31. The maximum absolute atomic E-state index is 13.1. The van der Waals surface area contributed by atoms with Crippen molar-refractivity contribution in [3.63, 3.8) is 0 Å². The Morgan fingerprint density at radius 1 is 0.941 bits per heavy atom. The van der Waals surface area contributed by atoms with Crippen molar-refractivity contribution in [3.05, 3.63) is 89.2 Å². The van der Waals surface area contributed by atoms with E-state index >= 15 is 0 Å². The van der Waals surface area contributed by atoms with Crippen LogP contribution in [0.3, 0.4) is 0 Å². The summed E-state index contributed by atoms with van der Waals surface area (Å²) in [6.07, 6.45) is 5.08. The molecule has 180 valence electrons. The Hall–Kier alpha value is -3.05. The number of hydrogen-bond acceptors (Lipinski definition) is 4. The van der Waals surface area contributed by atoms with E-state index in [1.165, 1.54) is 23.3 Å². The quantitative estimate of drug-likeness (QED) is 0.348. The van der Waals surface area contributed by atoms with Gasteiger partial charge in [0.05, 0.1) is 7.11 Å². The van der Waals surface area contributed by atoms with Gasteiger partial charge in [0.1, 0.15) is 35.3 Å². The molecule has 4 rings (SSSR count). The smallest absolute Gasteiger partial charge is 0.123 e. The Morgan fingerprint density at radius 3 is 2.44 bits per heavy atom. The van der Waals surface area contributed by atoms with E-state index in [4.69, 9.17) is 14.2 Å². The second kappa shape index (κ2) is 11.4. The molecule has 0 amide bonds. The second-order valence-electron chi connectivity index (χ2n) is 9.19. The molecule has 1 heterocycles. The fraction of sp³-hybridized carbons (Fsp3) is 0.379. The van der Waals surface area contributed by atoms with Gasteiger partial charge in [0.25, 0.3) is 0 Å². The van der Waals surface area contributed by atoms with Crippen LogP contribution in [0.1, 0.15) is 42.9 Å². The minimum Gasteiger partial charge on any atom is -0.497 e. The number of benzene rings is 3. The summed E-state index contributed by atoms with van der Waals surface area (Å²) in [6, 6.07) is 20.7. The lowest BCUT2D eigenvalue weighted by Crippen LogP contribution is -2.37. The van der Waals surface area contributed by atoms with Crippen molar-refractivity contribution in [2.24, 2.45) is 0 Å². The van der Waals surface area contributed by atoms with E-state index in [0.29, 0.717) is 6.61 Å². The van der Waals surface area contributed by atoms with Gasteiger partial charge in [0, 0.05) is 0 Å². The lowest BCUT2D eigenvalue weighted by molar-refractivity contribution is 0.0540. The number of nitrogens with one attached hydrogen (secondary N) is 1. The molecule has 0 saturated carbocycles. The predicted octanol–water partition coefficient (Wildman–Crippen LogP) is 6.11. The lowest BCUT2D eigenvalue weighted by Gasteiger charge is -2.36. The number of ether oxygens (including phenoxy) is 3. The number of methoxy groups -OCH3 is 1. The highest BCUT2D eigenvalue weighted by Crippen LogP contribution is 2.37. The summed E-state index contributed by atoms with van der Waals surface area (Å²) < 4.78 is 30.6. The molecule has 1 unspecified atom stereocenters. The molecule has 0 spiro atoms. The lowest BCUT2D eigenvalue weighted by atomic mass is 9.88. The van der Waals surface area contributed by atoms with Crippen molar-refractivity contribution >= 4 is 0 Å². The Balaban J connectivity index is 1.18. The zero-order chi connectivity index (χ0) is 23.8. The van der Waals surface area contributed by atoms with Crippen molar-refractivity contribution in [2.75, 3.05) is 20.2 Å². The summed E-state index contributed by atoms with van der Waals surface area (Å²) in [7, 11) is 1.69. The van der Waals surface area contributed by atoms with E-state index in [9.17, 15) is 4.39 Å². The van der Waals surface area contributed by atoms with Gasteiger partial charge in [-0.15, -0.1) is 0 Å². The fourth-order valence-corrected chi connectivity index (χ4v) is 4.32. The van der Waals surface area contributed by atoms with Crippen LogP contribution in [0, 0.1) is 5.82 Å². The third kappa shape index (κ3) is 6.73. The van der Waals surface area contributed by atoms with E-state index in [0.717, 1.165) is 68.0 Å². The first kappa shape index (κ1) is 24.1. The maximum Gasteiger partial charge on any atom is 0.123 e. The van der Waals surface area contributed by atoms with Crippen molar-refractivity contribution in [1.82, 2.24) is 5.32 Å². The van der Waals surface area contributed by atoms with Crippen molar-refractivity contribution in [1.29, 1.82) is 0 Å². The molecule has 0 fully saturated rings. The Bertz CT molecular complexity index is 1050. The van der Waals surface area contributed by atoms with Crippen LogP contribution in [0.5, 0.6) is 17.2 Å². The molecule has 5 heteroatoms. The van der Waals surface area contributed by atoms with Crippen LogP contribution in [-0.4, -0.2) is 25.8 Å². The van der Waals surface area contributed by atoms with Crippen LogP contribution in [0.15, 0.2) is 66.7 Å². The first-order chi connectivity index (χ1) is 16.5. The van der Waals surface area contributed by atoms with E-state index in [1.54, 1.807) is 19.2 Å². The van der Waals surface area contributed by atoms with Crippen molar-refractivity contribution < 1.29 is 18.6 Å². The average Bonchev–Trinajstić information content (AvgIpc) is 2.86. The highest BCUT2D eigenvalue weighted by molar-refractivity contribution is 5.42. The summed E-state index contributed by atoms with van der Waals surface area (Å²) in [5, 5.41) is 3.55. The molecule has 4 nitrogen and oxygen atoms in total. The van der Waals surface area contributed by atoms with Crippen LogP contribution in [0.4, 0.5) is 4.39 Å².